The van der Waals surface area contributed by atoms with Crippen molar-refractivity contribution in [2.75, 3.05) is 7.05 Å². The Morgan fingerprint density at radius 1 is 1.43 bits per heavy atom. The van der Waals surface area contributed by atoms with E-state index >= 15 is 0 Å². The van der Waals surface area contributed by atoms with E-state index < -0.39 is 0 Å². The molecule has 1 N–H and O–H groups in total. The molecule has 14 heavy (non-hydrogen) atoms. The second-order valence-electron chi connectivity index (χ2n) is 4.07. The zero-order chi connectivity index (χ0) is 10.4. The van der Waals surface area contributed by atoms with E-state index in [0.29, 0.717) is 5.92 Å². The summed E-state index contributed by atoms with van der Waals surface area (Å²) in [5.74, 6) is 0.817. The normalized spacial score (nSPS) is 16.9. The summed E-state index contributed by atoms with van der Waals surface area (Å²) >= 11 is 0. The van der Waals surface area contributed by atoms with Crippen LogP contribution in [-0.4, -0.2) is 13.0 Å². The highest BCUT2D eigenvalue weighted by Crippen LogP contribution is 2.32. The standard InChI is InChI=1S/C12H21NO/c1-3-4-5-6-11(12(14)13-2)9-10-7-8-10/h9-10H,3-8H2,1-2H3,(H,13,14). The van der Waals surface area contributed by atoms with E-state index in [1.807, 2.05) is 0 Å². The van der Waals surface area contributed by atoms with Crippen molar-refractivity contribution in [1.29, 1.82) is 0 Å². The van der Waals surface area contributed by atoms with E-state index in [-0.39, 0.29) is 5.91 Å². The first-order valence-electron chi connectivity index (χ1n) is 5.70. The van der Waals surface area contributed by atoms with E-state index in [4.69, 9.17) is 0 Å². The van der Waals surface area contributed by atoms with Gasteiger partial charge in [0.2, 0.25) is 5.91 Å². The van der Waals surface area contributed by atoms with Crippen LogP contribution in [-0.2, 0) is 4.79 Å². The minimum absolute atomic E-state index is 0.119. The fourth-order valence-electron chi connectivity index (χ4n) is 1.55. The molecule has 0 atom stereocenters. The maximum Gasteiger partial charge on any atom is 0.246 e. The molecule has 0 saturated heterocycles. The molecular formula is C12H21NO. The Labute approximate surface area is 86.8 Å². The van der Waals surface area contributed by atoms with Crippen LogP contribution in [0.5, 0.6) is 0 Å². The summed E-state index contributed by atoms with van der Waals surface area (Å²) in [5.41, 5.74) is 1.00. The number of hydrogen-bond donors (Lipinski definition) is 1. The van der Waals surface area contributed by atoms with E-state index in [0.717, 1.165) is 18.4 Å². The highest BCUT2D eigenvalue weighted by atomic mass is 16.1. The molecule has 1 aliphatic carbocycles. The molecule has 1 aliphatic rings. The zero-order valence-electron chi connectivity index (χ0n) is 9.31. The molecule has 1 rings (SSSR count). The molecule has 2 heteroatoms. The number of rotatable bonds is 6. The Balaban J connectivity index is 2.39. The largest absolute Gasteiger partial charge is 0.355 e. The lowest BCUT2D eigenvalue weighted by Gasteiger charge is -2.05. The molecule has 0 aromatic carbocycles. The Morgan fingerprint density at radius 3 is 2.64 bits per heavy atom. The Kier molecular flexibility index (Phi) is 4.71. The molecule has 2 nitrogen and oxygen atoms in total. The first-order valence-corrected chi connectivity index (χ1v) is 5.70. The van der Waals surface area contributed by atoms with Crippen LogP contribution in [0.25, 0.3) is 0 Å². The quantitative estimate of drug-likeness (QED) is 0.512. The third kappa shape index (κ3) is 3.95. The SMILES string of the molecule is CCCCCC(=CC1CC1)C(=O)NC. The summed E-state index contributed by atoms with van der Waals surface area (Å²) in [4.78, 5) is 11.5. The smallest absolute Gasteiger partial charge is 0.246 e. The fraction of sp³-hybridized carbons (Fsp3) is 0.750. The minimum Gasteiger partial charge on any atom is -0.355 e. The van der Waals surface area contributed by atoms with E-state index in [1.54, 1.807) is 7.05 Å². The number of unbranched alkanes of at least 4 members (excludes halogenated alkanes) is 2. The summed E-state index contributed by atoms with van der Waals surface area (Å²) < 4.78 is 0. The van der Waals surface area contributed by atoms with Crippen molar-refractivity contribution < 1.29 is 4.79 Å². The molecule has 0 aliphatic heterocycles. The third-order valence-electron chi connectivity index (χ3n) is 2.63. The summed E-state index contributed by atoms with van der Waals surface area (Å²) in [6.45, 7) is 2.18. The highest BCUT2D eigenvalue weighted by Gasteiger charge is 2.20. The second kappa shape index (κ2) is 5.84. The summed E-state index contributed by atoms with van der Waals surface area (Å²) in [7, 11) is 1.71. The van der Waals surface area contributed by atoms with Gasteiger partial charge >= 0.3 is 0 Å². The van der Waals surface area contributed by atoms with Gasteiger partial charge in [-0.25, -0.2) is 0 Å². The molecule has 0 aromatic heterocycles. The Bertz CT molecular complexity index is 216. The van der Waals surface area contributed by atoms with Crippen LogP contribution >= 0.6 is 0 Å². The average molecular weight is 195 g/mol. The fourth-order valence-corrected chi connectivity index (χ4v) is 1.55. The average Bonchev–Trinajstić information content (AvgIpc) is 2.99. The number of nitrogens with one attached hydrogen (secondary N) is 1. The zero-order valence-corrected chi connectivity index (χ0v) is 9.31. The first kappa shape index (κ1) is 11.3. The molecular weight excluding hydrogens is 174 g/mol. The molecule has 1 saturated carbocycles. The van der Waals surface area contributed by atoms with Gasteiger partial charge in [-0.2, -0.15) is 0 Å². The van der Waals surface area contributed by atoms with Gasteiger partial charge in [-0.1, -0.05) is 25.8 Å². The van der Waals surface area contributed by atoms with Gasteiger partial charge in [0.05, 0.1) is 0 Å². The molecule has 0 radical (unpaired) electrons. The Hall–Kier alpha value is -0.790. The molecule has 0 aromatic rings. The first-order chi connectivity index (χ1) is 6.77. The highest BCUT2D eigenvalue weighted by molar-refractivity contribution is 5.93. The maximum atomic E-state index is 11.5. The maximum absolute atomic E-state index is 11.5. The van der Waals surface area contributed by atoms with Crippen molar-refractivity contribution in [2.24, 2.45) is 5.92 Å². The number of amides is 1. The minimum atomic E-state index is 0.119. The van der Waals surface area contributed by atoms with Crippen molar-refractivity contribution >= 4 is 5.91 Å². The molecule has 0 spiro atoms. The van der Waals surface area contributed by atoms with Crippen molar-refractivity contribution in [3.63, 3.8) is 0 Å². The van der Waals surface area contributed by atoms with Crippen molar-refractivity contribution in [3.8, 4) is 0 Å². The van der Waals surface area contributed by atoms with Gasteiger partial charge in [-0.05, 0) is 31.6 Å². The van der Waals surface area contributed by atoms with Gasteiger partial charge in [0.25, 0.3) is 0 Å². The summed E-state index contributed by atoms with van der Waals surface area (Å²) in [6, 6.07) is 0. The molecule has 1 fully saturated rings. The number of carbonyl (C=O) groups excluding carboxylic acids is 1. The van der Waals surface area contributed by atoms with Crippen LogP contribution in [0.4, 0.5) is 0 Å². The van der Waals surface area contributed by atoms with Crippen LogP contribution in [0.2, 0.25) is 0 Å². The second-order valence-corrected chi connectivity index (χ2v) is 4.07. The van der Waals surface area contributed by atoms with E-state index in [2.05, 4.69) is 18.3 Å². The van der Waals surface area contributed by atoms with Crippen molar-refractivity contribution in [2.45, 2.75) is 45.4 Å². The number of carbonyl (C=O) groups is 1. The lowest BCUT2D eigenvalue weighted by atomic mass is 10.1. The molecule has 0 bridgehead atoms. The predicted molar refractivity (Wildman–Crippen MR) is 59.0 cm³/mol. The number of likely N-dealkylation sites (N-methyl/N-ethyl adjacent to an activating group) is 1. The van der Waals surface area contributed by atoms with Crippen LogP contribution in [0.3, 0.4) is 0 Å². The lowest BCUT2D eigenvalue weighted by Crippen LogP contribution is -2.20. The summed E-state index contributed by atoms with van der Waals surface area (Å²) in [5, 5.41) is 2.72. The van der Waals surface area contributed by atoms with Crippen LogP contribution in [0.15, 0.2) is 11.6 Å². The number of allylic oxidation sites excluding steroid dienone is 1. The molecule has 80 valence electrons. The van der Waals surface area contributed by atoms with Gasteiger partial charge in [0.15, 0.2) is 0 Å². The van der Waals surface area contributed by atoms with Crippen molar-refractivity contribution in [1.82, 2.24) is 5.32 Å². The van der Waals surface area contributed by atoms with E-state index in [9.17, 15) is 4.79 Å². The Morgan fingerprint density at radius 2 is 2.14 bits per heavy atom. The summed E-state index contributed by atoms with van der Waals surface area (Å²) in [6.07, 6.45) is 9.24. The van der Waals surface area contributed by atoms with Crippen molar-refractivity contribution in [3.05, 3.63) is 11.6 Å². The third-order valence-corrected chi connectivity index (χ3v) is 2.63. The number of hydrogen-bond acceptors (Lipinski definition) is 1. The topological polar surface area (TPSA) is 29.1 Å². The van der Waals surface area contributed by atoms with E-state index in [1.165, 1.54) is 25.7 Å². The van der Waals surface area contributed by atoms with Crippen LogP contribution in [0.1, 0.15) is 45.4 Å². The van der Waals surface area contributed by atoms with Gasteiger partial charge in [-0.3, -0.25) is 4.79 Å². The molecule has 0 heterocycles. The molecule has 1 amide bonds. The predicted octanol–water partition coefficient (Wildman–Crippen LogP) is 2.65. The van der Waals surface area contributed by atoms with Crippen LogP contribution in [0, 0.1) is 5.92 Å². The van der Waals surface area contributed by atoms with Crippen LogP contribution < -0.4 is 5.32 Å². The van der Waals surface area contributed by atoms with Gasteiger partial charge in [-0.15, -0.1) is 0 Å². The molecule has 0 unspecified atom stereocenters. The monoisotopic (exact) mass is 195 g/mol. The lowest BCUT2D eigenvalue weighted by molar-refractivity contribution is -0.117. The van der Waals surface area contributed by atoms with Gasteiger partial charge in [0.1, 0.15) is 0 Å². The van der Waals surface area contributed by atoms with Gasteiger partial charge in [0, 0.05) is 12.6 Å². The van der Waals surface area contributed by atoms with Gasteiger partial charge < -0.3 is 5.32 Å².